The number of aliphatic hydroxyl groups is 1. The van der Waals surface area contributed by atoms with Gasteiger partial charge in [0.05, 0.1) is 22.2 Å². The molecule has 3 aromatic rings. The summed E-state index contributed by atoms with van der Waals surface area (Å²) in [6.45, 7) is 5.06. The van der Waals surface area contributed by atoms with Crippen LogP contribution in [0.2, 0.25) is 0 Å². The van der Waals surface area contributed by atoms with Crippen molar-refractivity contribution >= 4 is 22.5 Å². The number of likely N-dealkylation sites (tertiary alicyclic amines) is 1. The molecule has 3 heterocycles. The van der Waals surface area contributed by atoms with Crippen molar-refractivity contribution in [1.29, 1.82) is 5.26 Å². The highest BCUT2D eigenvalue weighted by Gasteiger charge is 2.30. The third-order valence-corrected chi connectivity index (χ3v) is 5.97. The number of pyridine rings is 1. The highest BCUT2D eigenvalue weighted by atomic mass is 32.1. The van der Waals surface area contributed by atoms with E-state index in [1.807, 2.05) is 38.1 Å². The van der Waals surface area contributed by atoms with Crippen molar-refractivity contribution in [2.45, 2.75) is 13.8 Å². The van der Waals surface area contributed by atoms with E-state index in [0.717, 1.165) is 27.4 Å². The largest absolute Gasteiger partial charge is 0.396 e. The molecular formula is C22H21N5O2S. The molecule has 0 saturated carbocycles. The number of amides is 2. The lowest BCUT2D eigenvalue weighted by molar-refractivity contribution is 0.0838. The van der Waals surface area contributed by atoms with Crippen LogP contribution >= 0.6 is 11.3 Å². The van der Waals surface area contributed by atoms with Crippen molar-refractivity contribution in [1.82, 2.24) is 14.9 Å². The summed E-state index contributed by atoms with van der Waals surface area (Å²) in [6, 6.07) is 13.2. The lowest BCUT2D eigenvalue weighted by Crippen LogP contribution is -2.52. The van der Waals surface area contributed by atoms with E-state index >= 15 is 0 Å². The van der Waals surface area contributed by atoms with E-state index in [4.69, 9.17) is 10.1 Å². The first-order valence-corrected chi connectivity index (χ1v) is 10.4. The van der Waals surface area contributed by atoms with Gasteiger partial charge in [0.1, 0.15) is 0 Å². The van der Waals surface area contributed by atoms with Gasteiger partial charge < -0.3 is 10.0 Å². The number of aromatic nitrogens is 2. The van der Waals surface area contributed by atoms with E-state index in [1.54, 1.807) is 17.0 Å². The molecule has 0 aliphatic carbocycles. The number of rotatable bonds is 4. The lowest BCUT2D eigenvalue weighted by Gasteiger charge is -2.37. The van der Waals surface area contributed by atoms with Crippen LogP contribution in [0, 0.1) is 31.1 Å². The van der Waals surface area contributed by atoms with Crippen LogP contribution in [-0.4, -0.2) is 45.7 Å². The summed E-state index contributed by atoms with van der Waals surface area (Å²) in [4.78, 5) is 24.2. The summed E-state index contributed by atoms with van der Waals surface area (Å²) in [5.74, 6) is 0.148. The Morgan fingerprint density at radius 2 is 1.97 bits per heavy atom. The maximum absolute atomic E-state index is 12.5. The number of hydrogen-bond acceptors (Lipinski definition) is 6. The van der Waals surface area contributed by atoms with Gasteiger partial charge in [-0.15, -0.1) is 0 Å². The predicted octanol–water partition coefficient (Wildman–Crippen LogP) is 3.82. The summed E-state index contributed by atoms with van der Waals surface area (Å²) in [5, 5.41) is 21.8. The van der Waals surface area contributed by atoms with Gasteiger partial charge in [0.15, 0.2) is 5.13 Å². The lowest BCUT2D eigenvalue weighted by atomic mass is 10.0. The molecule has 30 heavy (non-hydrogen) atoms. The highest BCUT2D eigenvalue weighted by Crippen LogP contribution is 2.39. The minimum absolute atomic E-state index is 0.0886. The monoisotopic (exact) mass is 419 g/mol. The molecule has 4 rings (SSSR count). The van der Waals surface area contributed by atoms with Gasteiger partial charge in [-0.1, -0.05) is 23.5 Å². The summed E-state index contributed by atoms with van der Waals surface area (Å²) in [7, 11) is 0. The van der Waals surface area contributed by atoms with E-state index < -0.39 is 0 Å². The molecule has 0 bridgehead atoms. The molecule has 0 radical (unpaired) electrons. The number of anilines is 1. The highest BCUT2D eigenvalue weighted by molar-refractivity contribution is 7.19. The average Bonchev–Trinajstić information content (AvgIpc) is 3.10. The fourth-order valence-corrected chi connectivity index (χ4v) is 4.45. The van der Waals surface area contributed by atoms with Crippen LogP contribution in [0.15, 0.2) is 36.4 Å². The summed E-state index contributed by atoms with van der Waals surface area (Å²) in [5.41, 5.74) is 4.86. The Labute approximate surface area is 178 Å². The van der Waals surface area contributed by atoms with Crippen LogP contribution in [0.25, 0.3) is 21.7 Å². The molecule has 8 heteroatoms. The Balaban J connectivity index is 1.72. The molecule has 0 spiro atoms. The van der Waals surface area contributed by atoms with Crippen molar-refractivity contribution < 1.29 is 9.90 Å². The molecule has 1 saturated heterocycles. The average molecular weight is 420 g/mol. The topological polar surface area (TPSA) is 102 Å². The van der Waals surface area contributed by atoms with Crippen molar-refractivity contribution in [3.05, 3.63) is 53.3 Å². The third kappa shape index (κ3) is 4.03. The number of carbonyl (C=O) groups is 1. The number of nitriles is 1. The number of nitrogens with zero attached hydrogens (tertiary/aromatic N) is 4. The normalized spacial score (nSPS) is 13.6. The number of aliphatic hydroxyl groups excluding tert-OH is 1. The second kappa shape index (κ2) is 8.22. The van der Waals surface area contributed by atoms with E-state index in [-0.39, 0.29) is 18.6 Å². The number of urea groups is 1. The number of nitrogens with one attached hydrogen (secondary N) is 1. The molecule has 0 unspecified atom stereocenters. The quantitative estimate of drug-likeness (QED) is 0.669. The van der Waals surface area contributed by atoms with Gasteiger partial charge in [0.2, 0.25) is 0 Å². The zero-order valence-corrected chi connectivity index (χ0v) is 17.5. The van der Waals surface area contributed by atoms with Gasteiger partial charge in [-0.25, -0.2) is 9.78 Å². The Bertz CT molecular complexity index is 1120. The third-order valence-electron chi connectivity index (χ3n) is 4.95. The van der Waals surface area contributed by atoms with Crippen LogP contribution < -0.4 is 5.32 Å². The number of benzene rings is 1. The molecule has 1 aromatic carbocycles. The molecule has 2 N–H and O–H groups in total. The van der Waals surface area contributed by atoms with E-state index in [1.165, 1.54) is 11.3 Å². The molecule has 2 aromatic heterocycles. The van der Waals surface area contributed by atoms with Gasteiger partial charge in [0, 0.05) is 42.6 Å². The van der Waals surface area contributed by atoms with Crippen LogP contribution in [0.1, 0.15) is 17.0 Å². The second-order valence-corrected chi connectivity index (χ2v) is 8.41. The van der Waals surface area contributed by atoms with Gasteiger partial charge in [-0.2, -0.15) is 5.26 Å². The Kier molecular flexibility index (Phi) is 5.48. The Morgan fingerprint density at radius 3 is 2.63 bits per heavy atom. The van der Waals surface area contributed by atoms with Crippen LogP contribution in [0.3, 0.4) is 0 Å². The van der Waals surface area contributed by atoms with Gasteiger partial charge >= 0.3 is 6.03 Å². The molecule has 152 valence electrons. The first-order valence-electron chi connectivity index (χ1n) is 9.60. The Hall–Kier alpha value is -3.28. The van der Waals surface area contributed by atoms with Crippen molar-refractivity contribution in [3.63, 3.8) is 0 Å². The number of carbonyl (C=O) groups excluding carboxylic acids is 1. The predicted molar refractivity (Wildman–Crippen MR) is 116 cm³/mol. The zero-order valence-electron chi connectivity index (χ0n) is 16.7. The molecule has 0 atom stereocenters. The minimum Gasteiger partial charge on any atom is -0.396 e. The summed E-state index contributed by atoms with van der Waals surface area (Å²) >= 11 is 1.40. The van der Waals surface area contributed by atoms with E-state index in [0.29, 0.717) is 29.5 Å². The number of hydrogen-bond donors (Lipinski definition) is 2. The smallest absolute Gasteiger partial charge is 0.323 e. The molecule has 7 nitrogen and oxygen atoms in total. The van der Waals surface area contributed by atoms with Gasteiger partial charge in [-0.05, 0) is 43.7 Å². The van der Waals surface area contributed by atoms with Crippen LogP contribution in [0.4, 0.5) is 9.93 Å². The van der Waals surface area contributed by atoms with Crippen molar-refractivity contribution in [3.8, 4) is 27.8 Å². The molecular weight excluding hydrogens is 398 g/mol. The van der Waals surface area contributed by atoms with Crippen LogP contribution in [-0.2, 0) is 0 Å². The van der Waals surface area contributed by atoms with Crippen LogP contribution in [0.5, 0.6) is 0 Å². The maximum Gasteiger partial charge on any atom is 0.323 e. The fraction of sp³-hybridized carbons (Fsp3) is 0.273. The Morgan fingerprint density at radius 1 is 1.23 bits per heavy atom. The van der Waals surface area contributed by atoms with E-state index in [2.05, 4.69) is 16.4 Å². The summed E-state index contributed by atoms with van der Waals surface area (Å²) in [6.07, 6.45) is 0. The first kappa shape index (κ1) is 20.0. The van der Waals surface area contributed by atoms with Crippen molar-refractivity contribution in [2.24, 2.45) is 5.92 Å². The molecule has 1 fully saturated rings. The van der Waals surface area contributed by atoms with Gasteiger partial charge in [0.25, 0.3) is 0 Å². The molecule has 1 aliphatic heterocycles. The maximum atomic E-state index is 12.5. The zero-order chi connectivity index (χ0) is 21.3. The number of aryl methyl sites for hydroxylation is 2. The van der Waals surface area contributed by atoms with Crippen molar-refractivity contribution in [2.75, 3.05) is 25.0 Å². The molecule has 1 aliphatic rings. The van der Waals surface area contributed by atoms with Gasteiger partial charge in [-0.3, -0.25) is 10.3 Å². The molecule has 2 amide bonds. The standard InChI is InChI=1S/C22H21N5O2S/c1-13-6-18(7-14(2)24-13)20-19(17-5-3-4-15(8-17)9-23)25-21(30-20)26-22(29)27-10-16(11-27)12-28/h3-8,16,28H,10-12H2,1-2H3,(H,25,26,29). The fourth-order valence-electron chi connectivity index (χ4n) is 3.49. The first-order chi connectivity index (χ1) is 14.5. The SMILES string of the molecule is Cc1cc(-c2sc(NC(=O)N3CC(CO)C3)nc2-c2cccc(C#N)c2)cc(C)n1. The van der Waals surface area contributed by atoms with E-state index in [9.17, 15) is 10.1 Å². The second-order valence-electron chi connectivity index (χ2n) is 7.41. The number of thiazole rings is 1. The summed E-state index contributed by atoms with van der Waals surface area (Å²) < 4.78 is 0. The minimum atomic E-state index is -0.223.